The van der Waals surface area contributed by atoms with E-state index in [-0.39, 0.29) is 12.5 Å². The lowest BCUT2D eigenvalue weighted by molar-refractivity contribution is -0.123. The van der Waals surface area contributed by atoms with Crippen molar-refractivity contribution in [2.75, 3.05) is 6.61 Å². The fourth-order valence-corrected chi connectivity index (χ4v) is 7.11. The maximum atomic E-state index is 12.4. The number of nitrogens with one attached hydrogen (secondary N) is 1. The van der Waals surface area contributed by atoms with E-state index in [9.17, 15) is 15.0 Å². The van der Waals surface area contributed by atoms with Crippen molar-refractivity contribution in [1.29, 1.82) is 0 Å². The number of carbonyl (C=O) groups excluding carboxylic acids is 1. The van der Waals surface area contributed by atoms with Crippen LogP contribution in [0.2, 0.25) is 0 Å². The average Bonchev–Trinajstić information content (AvgIpc) is 3.18. The Morgan fingerprint density at radius 1 is 0.444 bits per heavy atom. The number of rotatable bonds is 43. The molecule has 4 nitrogen and oxygen atoms in total. The van der Waals surface area contributed by atoms with E-state index in [0.29, 0.717) is 6.42 Å². The lowest BCUT2D eigenvalue weighted by Crippen LogP contribution is -2.45. The highest BCUT2D eigenvalue weighted by molar-refractivity contribution is 5.76. The predicted molar refractivity (Wildman–Crippen MR) is 239 cm³/mol. The van der Waals surface area contributed by atoms with Crippen molar-refractivity contribution in [3.05, 3.63) is 48.6 Å². The molecule has 0 aromatic carbocycles. The topological polar surface area (TPSA) is 69.6 Å². The molecular weight excluding hydrogens is 663 g/mol. The van der Waals surface area contributed by atoms with Crippen molar-refractivity contribution in [3.63, 3.8) is 0 Å². The minimum Gasteiger partial charge on any atom is -0.394 e. The monoisotopic (exact) mass is 756 g/mol. The first-order chi connectivity index (χ1) is 26.7. The van der Waals surface area contributed by atoms with Gasteiger partial charge in [-0.05, 0) is 64.2 Å². The Balaban J connectivity index is 3.56. The molecule has 0 aromatic heterocycles. The van der Waals surface area contributed by atoms with Gasteiger partial charge in [0.25, 0.3) is 0 Å². The molecule has 2 atom stereocenters. The second kappa shape index (κ2) is 45.7. The van der Waals surface area contributed by atoms with E-state index in [1.54, 1.807) is 6.08 Å². The predicted octanol–water partition coefficient (Wildman–Crippen LogP) is 15.1. The van der Waals surface area contributed by atoms with Crippen LogP contribution in [-0.2, 0) is 4.79 Å². The van der Waals surface area contributed by atoms with E-state index in [4.69, 9.17) is 0 Å². The summed E-state index contributed by atoms with van der Waals surface area (Å²) in [6, 6.07) is -0.640. The zero-order valence-corrected chi connectivity index (χ0v) is 36.2. The summed E-state index contributed by atoms with van der Waals surface area (Å²) < 4.78 is 0. The van der Waals surface area contributed by atoms with Gasteiger partial charge in [-0.1, -0.05) is 223 Å². The van der Waals surface area contributed by atoms with Crippen LogP contribution in [0.15, 0.2) is 48.6 Å². The van der Waals surface area contributed by atoms with Gasteiger partial charge in [-0.3, -0.25) is 4.79 Å². The van der Waals surface area contributed by atoms with Crippen LogP contribution in [0.4, 0.5) is 0 Å². The Labute approximate surface area is 337 Å². The molecule has 0 aliphatic carbocycles. The Bertz CT molecular complexity index is 862. The smallest absolute Gasteiger partial charge is 0.220 e. The van der Waals surface area contributed by atoms with E-state index >= 15 is 0 Å². The van der Waals surface area contributed by atoms with Crippen molar-refractivity contribution < 1.29 is 15.0 Å². The SMILES string of the molecule is CCCCCCCCCCC/C=C\C/C=C\CCCCCCCCCCCCCC(=O)NC(CO)C(O)/C=C/CC/C=C/CCCCCCCCCCC. The number of hydrogen-bond acceptors (Lipinski definition) is 3. The van der Waals surface area contributed by atoms with E-state index < -0.39 is 12.1 Å². The highest BCUT2D eigenvalue weighted by Gasteiger charge is 2.17. The third kappa shape index (κ3) is 41.5. The van der Waals surface area contributed by atoms with Crippen LogP contribution >= 0.6 is 0 Å². The maximum absolute atomic E-state index is 12.4. The zero-order valence-electron chi connectivity index (χ0n) is 36.2. The largest absolute Gasteiger partial charge is 0.394 e. The van der Waals surface area contributed by atoms with Crippen LogP contribution in [0.1, 0.15) is 245 Å². The molecule has 0 aliphatic rings. The lowest BCUT2D eigenvalue weighted by Gasteiger charge is -2.19. The first-order valence-corrected chi connectivity index (χ1v) is 23.9. The number of carbonyl (C=O) groups is 1. The molecule has 0 rings (SSSR count). The van der Waals surface area contributed by atoms with Gasteiger partial charge in [0, 0.05) is 6.42 Å². The van der Waals surface area contributed by atoms with Crippen LogP contribution in [0.3, 0.4) is 0 Å². The molecule has 0 bridgehead atoms. The summed E-state index contributed by atoms with van der Waals surface area (Å²) in [5.74, 6) is -0.0761. The van der Waals surface area contributed by atoms with Gasteiger partial charge in [-0.25, -0.2) is 0 Å². The van der Waals surface area contributed by atoms with Gasteiger partial charge in [-0.15, -0.1) is 0 Å². The molecule has 0 spiro atoms. The van der Waals surface area contributed by atoms with Gasteiger partial charge in [0.05, 0.1) is 18.8 Å². The summed E-state index contributed by atoms with van der Waals surface area (Å²) in [7, 11) is 0. The van der Waals surface area contributed by atoms with Crippen LogP contribution in [0.25, 0.3) is 0 Å². The lowest BCUT2D eigenvalue weighted by atomic mass is 10.0. The first kappa shape index (κ1) is 52.3. The summed E-state index contributed by atoms with van der Waals surface area (Å²) in [6.45, 7) is 4.30. The number of aliphatic hydroxyl groups is 2. The average molecular weight is 756 g/mol. The molecular formula is C50H93NO3. The van der Waals surface area contributed by atoms with E-state index in [1.165, 1.54) is 186 Å². The fraction of sp³-hybridized carbons (Fsp3) is 0.820. The van der Waals surface area contributed by atoms with E-state index in [2.05, 4.69) is 55.6 Å². The fourth-order valence-electron chi connectivity index (χ4n) is 7.11. The highest BCUT2D eigenvalue weighted by atomic mass is 16.3. The van der Waals surface area contributed by atoms with E-state index in [0.717, 1.165) is 38.5 Å². The molecule has 316 valence electrons. The van der Waals surface area contributed by atoms with Gasteiger partial charge in [0.15, 0.2) is 0 Å². The highest BCUT2D eigenvalue weighted by Crippen LogP contribution is 2.14. The van der Waals surface area contributed by atoms with Crippen molar-refractivity contribution in [2.24, 2.45) is 0 Å². The normalized spacial score (nSPS) is 13.3. The molecule has 0 aliphatic heterocycles. The minimum atomic E-state index is -0.863. The Hall–Kier alpha value is -1.65. The standard InChI is InChI=1S/C50H93NO3/c1-3-5-7-9-11-13-15-17-19-20-21-22-23-24-25-26-27-28-29-30-32-34-36-38-40-42-44-46-50(54)51-48(47-52)49(53)45-43-41-39-37-35-33-31-18-16-14-12-10-8-6-4-2/h21-22,24-25,35,37,43,45,48-49,52-53H,3-20,23,26-34,36,38-42,44,46-47H2,1-2H3,(H,51,54)/b22-21-,25-24-,37-35+,45-43+. The zero-order chi connectivity index (χ0) is 39.3. The van der Waals surface area contributed by atoms with Crippen LogP contribution < -0.4 is 5.32 Å². The van der Waals surface area contributed by atoms with Gasteiger partial charge in [-0.2, -0.15) is 0 Å². The van der Waals surface area contributed by atoms with Crippen molar-refractivity contribution in [3.8, 4) is 0 Å². The number of hydrogen-bond donors (Lipinski definition) is 3. The van der Waals surface area contributed by atoms with Crippen molar-refractivity contribution in [2.45, 2.75) is 257 Å². The van der Waals surface area contributed by atoms with Crippen LogP contribution in [0.5, 0.6) is 0 Å². The Kier molecular flexibility index (Phi) is 44.3. The van der Waals surface area contributed by atoms with Gasteiger partial charge >= 0.3 is 0 Å². The Morgan fingerprint density at radius 2 is 0.778 bits per heavy atom. The molecule has 0 heterocycles. The third-order valence-corrected chi connectivity index (χ3v) is 10.8. The molecule has 0 fully saturated rings. The number of unbranched alkanes of at least 4 members (excludes halogenated alkanes) is 30. The third-order valence-electron chi connectivity index (χ3n) is 10.8. The second-order valence-corrected chi connectivity index (χ2v) is 16.2. The minimum absolute atomic E-state index is 0.0761. The summed E-state index contributed by atoms with van der Waals surface area (Å²) in [6.07, 6.45) is 62.4. The summed E-state index contributed by atoms with van der Waals surface area (Å²) >= 11 is 0. The van der Waals surface area contributed by atoms with Gasteiger partial charge in [0.1, 0.15) is 0 Å². The van der Waals surface area contributed by atoms with Gasteiger partial charge < -0.3 is 15.5 Å². The molecule has 2 unspecified atom stereocenters. The summed E-state index contributed by atoms with van der Waals surface area (Å²) in [5.41, 5.74) is 0. The van der Waals surface area contributed by atoms with Crippen molar-refractivity contribution >= 4 is 5.91 Å². The number of aliphatic hydroxyl groups excluding tert-OH is 2. The quantitative estimate of drug-likeness (QED) is 0.0429. The molecule has 54 heavy (non-hydrogen) atoms. The maximum Gasteiger partial charge on any atom is 0.220 e. The summed E-state index contributed by atoms with van der Waals surface area (Å²) in [5, 5.41) is 23.0. The number of amides is 1. The Morgan fingerprint density at radius 3 is 1.19 bits per heavy atom. The second-order valence-electron chi connectivity index (χ2n) is 16.2. The van der Waals surface area contributed by atoms with Crippen molar-refractivity contribution in [1.82, 2.24) is 5.32 Å². The van der Waals surface area contributed by atoms with E-state index in [1.807, 2.05) is 6.08 Å². The number of allylic oxidation sites excluding steroid dienone is 7. The molecule has 3 N–H and O–H groups in total. The van der Waals surface area contributed by atoms with Crippen LogP contribution in [0, 0.1) is 0 Å². The molecule has 1 amide bonds. The molecule has 0 radical (unpaired) electrons. The molecule has 4 heteroatoms. The molecule has 0 aromatic rings. The molecule has 0 saturated carbocycles. The first-order valence-electron chi connectivity index (χ1n) is 23.9. The van der Waals surface area contributed by atoms with Crippen LogP contribution in [-0.4, -0.2) is 34.9 Å². The van der Waals surface area contributed by atoms with Gasteiger partial charge in [0.2, 0.25) is 5.91 Å². The summed E-state index contributed by atoms with van der Waals surface area (Å²) in [4.78, 5) is 12.4. The molecule has 0 saturated heterocycles.